The Hall–Kier alpha value is -2.95. The lowest BCUT2D eigenvalue weighted by atomic mass is 10.0. The monoisotopic (exact) mass is 643 g/mol. The van der Waals surface area contributed by atoms with E-state index in [9.17, 15) is 9.18 Å². The van der Waals surface area contributed by atoms with Crippen LogP contribution in [0.25, 0.3) is 11.3 Å². The highest BCUT2D eigenvalue weighted by Crippen LogP contribution is 2.34. The van der Waals surface area contributed by atoms with E-state index < -0.39 is 3.55 Å². The van der Waals surface area contributed by atoms with Gasteiger partial charge in [-0.3, -0.25) is 10.1 Å². The van der Waals surface area contributed by atoms with Crippen molar-refractivity contribution in [2.45, 2.75) is 30.0 Å². The van der Waals surface area contributed by atoms with Crippen LogP contribution >= 0.6 is 34.2 Å². The molecule has 1 atom stereocenters. The Labute approximate surface area is 240 Å². The molecule has 0 spiro atoms. The predicted molar refractivity (Wildman–Crippen MR) is 158 cm³/mol. The second-order valence-electron chi connectivity index (χ2n) is 9.46. The second kappa shape index (κ2) is 11.0. The van der Waals surface area contributed by atoms with Gasteiger partial charge in [-0.25, -0.2) is 9.37 Å². The van der Waals surface area contributed by atoms with Gasteiger partial charge in [-0.1, -0.05) is 64.0 Å². The Morgan fingerprint density at radius 1 is 1.05 bits per heavy atom. The fraction of sp³-hybridized carbons (Fsp3) is 0.241. The second-order valence-corrected chi connectivity index (χ2v) is 11.7. The van der Waals surface area contributed by atoms with E-state index in [1.165, 1.54) is 17.7 Å². The first kappa shape index (κ1) is 26.6. The average Bonchev–Trinajstić information content (AvgIpc) is 3.28. The van der Waals surface area contributed by atoms with Crippen LogP contribution in [0, 0.1) is 12.7 Å². The lowest BCUT2D eigenvalue weighted by Gasteiger charge is -2.35. The van der Waals surface area contributed by atoms with Crippen LogP contribution in [-0.2, 0) is 24.3 Å². The summed E-state index contributed by atoms with van der Waals surface area (Å²) in [5.41, 5.74) is 4.66. The van der Waals surface area contributed by atoms with Gasteiger partial charge in [-0.05, 0) is 68.1 Å². The first-order chi connectivity index (χ1) is 18.3. The Morgan fingerprint density at radius 2 is 1.74 bits per heavy atom. The number of fused-ring (bicyclic) bond motifs is 1. The van der Waals surface area contributed by atoms with Gasteiger partial charge in [-0.2, -0.15) is 0 Å². The van der Waals surface area contributed by atoms with Gasteiger partial charge < -0.3 is 14.8 Å². The summed E-state index contributed by atoms with van der Waals surface area (Å²) >= 11 is 8.26. The molecule has 196 valence electrons. The first-order valence-corrected chi connectivity index (χ1v) is 13.8. The third-order valence-electron chi connectivity index (χ3n) is 6.79. The highest BCUT2D eigenvalue weighted by atomic mass is 127. The molecule has 9 heteroatoms. The lowest BCUT2D eigenvalue weighted by Crippen LogP contribution is -2.55. The van der Waals surface area contributed by atoms with Crippen LogP contribution in [0.1, 0.15) is 17.0 Å². The van der Waals surface area contributed by atoms with Crippen molar-refractivity contribution < 1.29 is 9.18 Å². The zero-order valence-electron chi connectivity index (χ0n) is 21.1. The number of anilines is 2. The maximum absolute atomic E-state index is 13.8. The Bertz CT molecular complexity index is 1440. The number of aromatic nitrogens is 2. The normalized spacial score (nSPS) is 14.6. The minimum absolute atomic E-state index is 0.00109. The fourth-order valence-electron chi connectivity index (χ4n) is 4.62. The number of alkyl halides is 1. The number of hydrogen-bond acceptors (Lipinski definition) is 4. The van der Waals surface area contributed by atoms with Crippen molar-refractivity contribution in [3.63, 3.8) is 0 Å². The minimum atomic E-state index is -0.816. The van der Waals surface area contributed by atoms with Gasteiger partial charge >= 0.3 is 0 Å². The SMILES string of the molecule is CN[C@](I)(Cc1ccc(Cl)cc1)C(=O)N1CCn2c(nc(-c3ccc(F)cc3)c2Nc2ccc(C)cc2)C1. The van der Waals surface area contributed by atoms with E-state index in [1.54, 1.807) is 19.2 Å². The number of benzene rings is 3. The Balaban J connectivity index is 1.45. The third kappa shape index (κ3) is 5.57. The maximum atomic E-state index is 13.8. The quantitative estimate of drug-likeness (QED) is 0.140. The summed E-state index contributed by atoms with van der Waals surface area (Å²) in [6.45, 7) is 3.54. The van der Waals surface area contributed by atoms with Crippen molar-refractivity contribution in [2.75, 3.05) is 18.9 Å². The van der Waals surface area contributed by atoms with Crippen molar-refractivity contribution in [2.24, 2.45) is 0 Å². The van der Waals surface area contributed by atoms with E-state index in [4.69, 9.17) is 16.6 Å². The van der Waals surface area contributed by atoms with Crippen LogP contribution in [0.3, 0.4) is 0 Å². The predicted octanol–water partition coefficient (Wildman–Crippen LogP) is 6.33. The van der Waals surface area contributed by atoms with Gasteiger partial charge in [0.15, 0.2) is 3.55 Å². The number of nitrogens with one attached hydrogen (secondary N) is 2. The average molecular weight is 644 g/mol. The van der Waals surface area contributed by atoms with E-state index in [1.807, 2.05) is 60.4 Å². The molecule has 2 heterocycles. The molecule has 0 unspecified atom stereocenters. The van der Waals surface area contributed by atoms with Crippen LogP contribution in [0.2, 0.25) is 5.02 Å². The van der Waals surface area contributed by atoms with Crippen molar-refractivity contribution >= 4 is 51.6 Å². The number of likely N-dealkylation sites (N-methyl/N-ethyl adjacent to an activating group) is 1. The molecule has 3 aromatic carbocycles. The van der Waals surface area contributed by atoms with E-state index in [0.29, 0.717) is 31.1 Å². The summed E-state index contributed by atoms with van der Waals surface area (Å²) in [5.74, 6) is 1.31. The first-order valence-electron chi connectivity index (χ1n) is 12.4. The zero-order valence-corrected chi connectivity index (χ0v) is 24.1. The van der Waals surface area contributed by atoms with Crippen molar-refractivity contribution in [1.82, 2.24) is 19.8 Å². The largest absolute Gasteiger partial charge is 0.340 e. The van der Waals surface area contributed by atoms with Crippen molar-refractivity contribution in [3.8, 4) is 11.3 Å². The van der Waals surface area contributed by atoms with E-state index in [-0.39, 0.29) is 11.7 Å². The zero-order chi connectivity index (χ0) is 26.9. The summed E-state index contributed by atoms with van der Waals surface area (Å²) in [6.07, 6.45) is 0.520. The molecule has 0 fully saturated rings. The number of carbonyl (C=O) groups is 1. The molecule has 1 aliphatic rings. The van der Waals surface area contributed by atoms with Crippen LogP contribution in [0.4, 0.5) is 15.9 Å². The van der Waals surface area contributed by atoms with Gasteiger partial charge in [0, 0.05) is 35.8 Å². The molecule has 0 radical (unpaired) electrons. The Morgan fingerprint density at radius 3 is 2.39 bits per heavy atom. The fourth-order valence-corrected chi connectivity index (χ4v) is 5.53. The van der Waals surface area contributed by atoms with E-state index in [0.717, 1.165) is 34.2 Å². The van der Waals surface area contributed by atoms with Crippen molar-refractivity contribution in [1.29, 1.82) is 0 Å². The summed E-state index contributed by atoms with van der Waals surface area (Å²) in [5, 5.41) is 7.42. The summed E-state index contributed by atoms with van der Waals surface area (Å²) < 4.78 is 15.0. The standard InChI is InChI=1S/C29H28ClFIN5O/c1-19-3-13-24(14-4-19)34-27-26(21-7-11-23(31)12-8-21)35-25-18-36(15-16-37(25)27)28(38)29(32,33-2)17-20-5-9-22(30)10-6-20/h3-14,33-34H,15-18H2,1-2H3/t29-/m1/s1. The number of nitrogens with zero attached hydrogens (tertiary/aromatic N) is 3. The molecule has 0 bridgehead atoms. The summed E-state index contributed by atoms with van der Waals surface area (Å²) in [7, 11) is 1.81. The number of amides is 1. The van der Waals surface area contributed by atoms with Gasteiger partial charge in [0.2, 0.25) is 0 Å². The molecular formula is C29H28ClFIN5O. The minimum Gasteiger partial charge on any atom is -0.340 e. The number of hydrogen-bond donors (Lipinski definition) is 2. The maximum Gasteiger partial charge on any atom is 0.253 e. The Kier molecular flexibility index (Phi) is 7.74. The molecular weight excluding hydrogens is 616 g/mol. The van der Waals surface area contributed by atoms with Gasteiger partial charge in [0.05, 0.1) is 6.54 Å². The number of halogens is 3. The van der Waals surface area contributed by atoms with Crippen LogP contribution in [0.5, 0.6) is 0 Å². The summed E-state index contributed by atoms with van der Waals surface area (Å²) in [4.78, 5) is 20.6. The number of rotatable bonds is 7. The molecule has 0 aliphatic carbocycles. The van der Waals surface area contributed by atoms with Crippen molar-refractivity contribution in [3.05, 3.63) is 101 Å². The highest BCUT2D eigenvalue weighted by Gasteiger charge is 2.39. The molecule has 1 aromatic heterocycles. The topological polar surface area (TPSA) is 62.2 Å². The molecule has 0 saturated carbocycles. The van der Waals surface area contributed by atoms with Gasteiger partial charge in [-0.15, -0.1) is 0 Å². The van der Waals surface area contributed by atoms with Gasteiger partial charge in [0.1, 0.15) is 23.2 Å². The number of carbonyl (C=O) groups excluding carboxylic acids is 1. The molecule has 1 amide bonds. The smallest absolute Gasteiger partial charge is 0.253 e. The van der Waals surface area contributed by atoms with Gasteiger partial charge in [0.25, 0.3) is 5.91 Å². The number of imidazole rings is 1. The molecule has 38 heavy (non-hydrogen) atoms. The summed E-state index contributed by atoms with van der Waals surface area (Å²) in [6, 6.07) is 22.1. The van der Waals surface area contributed by atoms with E-state index in [2.05, 4.69) is 37.8 Å². The number of aryl methyl sites for hydroxylation is 1. The third-order valence-corrected chi connectivity index (χ3v) is 8.42. The molecule has 1 aliphatic heterocycles. The van der Waals surface area contributed by atoms with Crippen LogP contribution in [-0.4, -0.2) is 37.5 Å². The molecule has 2 N–H and O–H groups in total. The molecule has 4 aromatic rings. The van der Waals surface area contributed by atoms with Crippen LogP contribution in [0.15, 0.2) is 72.8 Å². The van der Waals surface area contributed by atoms with E-state index >= 15 is 0 Å². The molecule has 0 saturated heterocycles. The lowest BCUT2D eigenvalue weighted by molar-refractivity contribution is -0.135. The molecule has 6 nitrogen and oxygen atoms in total. The highest BCUT2D eigenvalue weighted by molar-refractivity contribution is 14.1. The van der Waals surface area contributed by atoms with Crippen LogP contribution < -0.4 is 10.6 Å². The molecule has 5 rings (SSSR count).